The van der Waals surface area contributed by atoms with Gasteiger partial charge in [0.15, 0.2) is 0 Å². The van der Waals surface area contributed by atoms with Gasteiger partial charge >= 0.3 is 6.18 Å². The van der Waals surface area contributed by atoms with E-state index >= 15 is 0 Å². The number of hydrogen-bond acceptors (Lipinski definition) is 3. The second kappa shape index (κ2) is 8.09. The van der Waals surface area contributed by atoms with Crippen molar-refractivity contribution in [2.24, 2.45) is 0 Å². The van der Waals surface area contributed by atoms with Gasteiger partial charge in [0.1, 0.15) is 11.4 Å². The second-order valence-electron chi connectivity index (χ2n) is 9.07. The van der Waals surface area contributed by atoms with Crippen LogP contribution in [0, 0.1) is 0 Å². The molecule has 2 fully saturated rings. The van der Waals surface area contributed by atoms with Crippen LogP contribution in [0.4, 0.5) is 18.9 Å². The maximum absolute atomic E-state index is 12.8. The molecule has 5 nitrogen and oxygen atoms in total. The van der Waals surface area contributed by atoms with Gasteiger partial charge in [0.25, 0.3) is 5.91 Å². The third-order valence-electron chi connectivity index (χ3n) is 6.71. The average Bonchev–Trinajstić information content (AvgIpc) is 3.37. The molecule has 1 amide bonds. The van der Waals surface area contributed by atoms with Crippen molar-refractivity contribution in [3.8, 4) is 5.75 Å². The van der Waals surface area contributed by atoms with Crippen molar-refractivity contribution in [2.45, 2.75) is 56.4 Å². The number of amides is 1. The maximum atomic E-state index is 12.8. The molecule has 2 N–H and O–H groups in total. The Morgan fingerprint density at radius 1 is 1.18 bits per heavy atom. The molecule has 2 aliphatic rings. The summed E-state index contributed by atoms with van der Waals surface area (Å²) in [6.45, 7) is 2.40. The molecule has 1 unspecified atom stereocenters. The van der Waals surface area contributed by atoms with Crippen LogP contribution in [0.5, 0.6) is 5.75 Å². The summed E-state index contributed by atoms with van der Waals surface area (Å²) in [5.74, 6) is 0.720. The number of hydrogen-bond donors (Lipinski definition) is 2. The van der Waals surface area contributed by atoms with E-state index in [2.05, 4.69) is 10.3 Å². The van der Waals surface area contributed by atoms with Gasteiger partial charge in [0, 0.05) is 23.7 Å². The normalized spacial score (nSPS) is 25.1. The summed E-state index contributed by atoms with van der Waals surface area (Å²) in [7, 11) is 0. The van der Waals surface area contributed by atoms with E-state index in [9.17, 15) is 18.0 Å². The zero-order valence-corrected chi connectivity index (χ0v) is 18.2. The first-order valence-corrected chi connectivity index (χ1v) is 11.1. The van der Waals surface area contributed by atoms with Gasteiger partial charge < -0.3 is 19.8 Å². The highest BCUT2D eigenvalue weighted by Crippen LogP contribution is 2.41. The Kier molecular flexibility index (Phi) is 5.35. The number of aromatic amines is 1. The first-order valence-electron chi connectivity index (χ1n) is 11.1. The van der Waals surface area contributed by atoms with Crippen molar-refractivity contribution in [2.75, 3.05) is 11.9 Å². The SMILES string of the molecule is CC1(C(=O)Nc2c[nH]c3ccc(OC4CC(c5ccc(C(F)(F)F)cc5)C4)cc23)CCCO1. The predicted octanol–water partition coefficient (Wildman–Crippen LogP) is 6.02. The van der Waals surface area contributed by atoms with Gasteiger partial charge in [0.05, 0.1) is 17.4 Å². The minimum Gasteiger partial charge on any atom is -0.490 e. The molecule has 1 aromatic heterocycles. The standard InChI is InChI=1S/C25H25F3N2O3/c1-24(9-2-10-32-24)23(31)30-22-14-29-21-8-7-18(13-20(21)22)33-19-11-16(12-19)15-3-5-17(6-4-15)25(26,27)28/h3-8,13-14,16,19,29H,2,9-12H2,1H3,(H,30,31). The van der Waals surface area contributed by atoms with E-state index in [4.69, 9.17) is 9.47 Å². The van der Waals surface area contributed by atoms with Gasteiger partial charge in [-0.05, 0) is 74.4 Å². The van der Waals surface area contributed by atoms with Crippen LogP contribution in [-0.4, -0.2) is 29.2 Å². The summed E-state index contributed by atoms with van der Waals surface area (Å²) < 4.78 is 50.0. The number of aromatic nitrogens is 1. The number of carbonyl (C=O) groups excluding carboxylic acids is 1. The van der Waals surface area contributed by atoms with Crippen LogP contribution >= 0.6 is 0 Å². The number of fused-ring (bicyclic) bond motifs is 1. The number of rotatable bonds is 5. The van der Waals surface area contributed by atoms with Crippen LogP contribution in [0.1, 0.15) is 49.7 Å². The molecule has 1 aliphatic carbocycles. The van der Waals surface area contributed by atoms with E-state index < -0.39 is 17.3 Å². The van der Waals surface area contributed by atoms with E-state index in [0.717, 1.165) is 47.9 Å². The van der Waals surface area contributed by atoms with Gasteiger partial charge in [-0.3, -0.25) is 4.79 Å². The molecule has 5 rings (SSSR count). The third kappa shape index (κ3) is 4.31. The van der Waals surface area contributed by atoms with Crippen LogP contribution < -0.4 is 10.1 Å². The number of ether oxygens (including phenoxy) is 2. The number of H-pyrrole nitrogens is 1. The van der Waals surface area contributed by atoms with Crippen molar-refractivity contribution in [1.82, 2.24) is 4.98 Å². The van der Waals surface area contributed by atoms with Crippen molar-refractivity contribution in [3.05, 3.63) is 59.8 Å². The molecular formula is C25H25F3N2O3. The summed E-state index contributed by atoms with van der Waals surface area (Å²) in [5.41, 5.74) is 1.02. The molecule has 33 heavy (non-hydrogen) atoms. The van der Waals surface area contributed by atoms with Gasteiger partial charge in [-0.25, -0.2) is 0 Å². The van der Waals surface area contributed by atoms with E-state index in [-0.39, 0.29) is 17.9 Å². The van der Waals surface area contributed by atoms with Crippen molar-refractivity contribution in [1.29, 1.82) is 0 Å². The Morgan fingerprint density at radius 2 is 1.94 bits per heavy atom. The lowest BCUT2D eigenvalue weighted by Gasteiger charge is -2.35. The van der Waals surface area contributed by atoms with Crippen LogP contribution in [0.2, 0.25) is 0 Å². The summed E-state index contributed by atoms with van der Waals surface area (Å²) in [4.78, 5) is 15.9. The molecule has 0 spiro atoms. The molecule has 3 aromatic rings. The monoisotopic (exact) mass is 458 g/mol. The van der Waals surface area contributed by atoms with Gasteiger partial charge in [-0.2, -0.15) is 13.2 Å². The summed E-state index contributed by atoms with van der Waals surface area (Å²) >= 11 is 0. The Morgan fingerprint density at radius 3 is 2.61 bits per heavy atom. The largest absolute Gasteiger partial charge is 0.490 e. The molecule has 2 aromatic carbocycles. The number of alkyl halides is 3. The van der Waals surface area contributed by atoms with Crippen LogP contribution in [0.3, 0.4) is 0 Å². The molecule has 8 heteroatoms. The average molecular weight is 458 g/mol. The number of benzene rings is 2. The number of halogens is 3. The van der Waals surface area contributed by atoms with Crippen LogP contribution in [0.15, 0.2) is 48.7 Å². The second-order valence-corrected chi connectivity index (χ2v) is 9.07. The van der Waals surface area contributed by atoms with E-state index in [0.29, 0.717) is 24.5 Å². The van der Waals surface area contributed by atoms with Crippen LogP contribution in [-0.2, 0) is 15.7 Å². The van der Waals surface area contributed by atoms with Gasteiger partial charge in [0.2, 0.25) is 0 Å². The first-order chi connectivity index (χ1) is 15.7. The summed E-state index contributed by atoms with van der Waals surface area (Å²) in [6.07, 6.45) is 0.487. The maximum Gasteiger partial charge on any atom is 0.416 e. The van der Waals surface area contributed by atoms with Crippen molar-refractivity contribution < 1.29 is 27.4 Å². The van der Waals surface area contributed by atoms with E-state index in [1.807, 2.05) is 25.1 Å². The highest BCUT2D eigenvalue weighted by molar-refractivity contribution is 6.04. The van der Waals surface area contributed by atoms with E-state index in [1.165, 1.54) is 0 Å². The van der Waals surface area contributed by atoms with E-state index in [1.54, 1.807) is 18.3 Å². The summed E-state index contributed by atoms with van der Waals surface area (Å²) in [6, 6.07) is 11.0. The molecule has 174 valence electrons. The molecule has 1 aliphatic heterocycles. The zero-order chi connectivity index (χ0) is 23.2. The smallest absolute Gasteiger partial charge is 0.416 e. The lowest BCUT2D eigenvalue weighted by atomic mass is 9.77. The summed E-state index contributed by atoms with van der Waals surface area (Å²) in [5, 5.41) is 3.82. The number of anilines is 1. The van der Waals surface area contributed by atoms with Gasteiger partial charge in [-0.1, -0.05) is 12.1 Å². The molecular weight excluding hydrogens is 433 g/mol. The number of carbonyl (C=O) groups is 1. The lowest BCUT2D eigenvalue weighted by Crippen LogP contribution is -2.39. The zero-order valence-electron chi connectivity index (χ0n) is 18.2. The first kappa shape index (κ1) is 21.8. The molecule has 0 radical (unpaired) electrons. The quantitative estimate of drug-likeness (QED) is 0.492. The predicted molar refractivity (Wildman–Crippen MR) is 118 cm³/mol. The highest BCUT2D eigenvalue weighted by atomic mass is 19.4. The lowest BCUT2D eigenvalue weighted by molar-refractivity contribution is -0.137. The Balaban J connectivity index is 1.22. The third-order valence-corrected chi connectivity index (χ3v) is 6.71. The Labute approximate surface area is 189 Å². The van der Waals surface area contributed by atoms with Gasteiger partial charge in [-0.15, -0.1) is 0 Å². The Hall–Kier alpha value is -3.00. The fraction of sp³-hybridized carbons (Fsp3) is 0.400. The molecule has 1 saturated heterocycles. The molecule has 1 saturated carbocycles. The molecule has 2 heterocycles. The number of nitrogens with one attached hydrogen (secondary N) is 2. The molecule has 1 atom stereocenters. The topological polar surface area (TPSA) is 63.4 Å². The fourth-order valence-corrected chi connectivity index (χ4v) is 4.56. The van der Waals surface area contributed by atoms with Crippen molar-refractivity contribution >= 4 is 22.5 Å². The van der Waals surface area contributed by atoms with Crippen LogP contribution in [0.25, 0.3) is 10.9 Å². The van der Waals surface area contributed by atoms with Crippen molar-refractivity contribution in [3.63, 3.8) is 0 Å². The Bertz CT molecular complexity index is 1160. The minimum absolute atomic E-state index is 0.00229. The minimum atomic E-state index is -4.32. The highest BCUT2D eigenvalue weighted by Gasteiger charge is 2.38. The fourth-order valence-electron chi connectivity index (χ4n) is 4.56. The molecule has 0 bridgehead atoms.